The van der Waals surface area contributed by atoms with Crippen molar-refractivity contribution >= 4 is 27.6 Å². The van der Waals surface area contributed by atoms with Crippen LogP contribution in [0.4, 0.5) is 5.95 Å². The third-order valence-corrected chi connectivity index (χ3v) is 8.37. The molecule has 0 fully saturated rings. The van der Waals surface area contributed by atoms with Crippen LogP contribution in [0, 0.1) is 0 Å². The first-order valence-electron chi connectivity index (χ1n) is 12.0. The second kappa shape index (κ2) is 10.8. The topological polar surface area (TPSA) is 148 Å². The average molecular weight is 575 g/mol. The highest BCUT2D eigenvalue weighted by Gasteiger charge is 2.35. The number of methoxy groups -OCH3 is 3. The molecule has 206 valence electrons. The Balaban J connectivity index is 1.61. The summed E-state index contributed by atoms with van der Waals surface area (Å²) in [6.45, 7) is 2.28. The summed E-state index contributed by atoms with van der Waals surface area (Å²) in [6.07, 6.45) is 3.66. The average Bonchev–Trinajstić information content (AvgIpc) is 3.64. The molecule has 0 bridgehead atoms. The van der Waals surface area contributed by atoms with Gasteiger partial charge in [-0.2, -0.15) is 5.10 Å². The maximum Gasteiger partial charge on any atom is 0.243 e. The van der Waals surface area contributed by atoms with Crippen molar-refractivity contribution in [2.45, 2.75) is 37.7 Å². The predicted octanol–water partition coefficient (Wildman–Crippen LogP) is 3.06. The first kappa shape index (κ1) is 26.8. The van der Waals surface area contributed by atoms with E-state index in [0.717, 1.165) is 25.1 Å². The van der Waals surface area contributed by atoms with Crippen LogP contribution in [0.2, 0.25) is 5.02 Å². The lowest BCUT2D eigenvalue weighted by Crippen LogP contribution is -2.33. The van der Waals surface area contributed by atoms with Crippen molar-refractivity contribution in [2.75, 3.05) is 26.1 Å². The number of sulfonamides is 1. The molecule has 0 aliphatic carbocycles. The van der Waals surface area contributed by atoms with Crippen LogP contribution in [0.3, 0.4) is 0 Å². The summed E-state index contributed by atoms with van der Waals surface area (Å²) < 4.78 is 50.0. The molecule has 0 unspecified atom stereocenters. The maximum absolute atomic E-state index is 13.7. The molecule has 3 aromatic heterocycles. The van der Waals surface area contributed by atoms with Crippen LogP contribution in [0.1, 0.15) is 31.0 Å². The second-order valence-electron chi connectivity index (χ2n) is 8.81. The Kier molecular flexibility index (Phi) is 7.42. The Labute approximate surface area is 230 Å². The summed E-state index contributed by atoms with van der Waals surface area (Å²) in [4.78, 5) is 8.26. The number of fused-ring (bicyclic) bond motifs is 1. The number of hydrogen-bond donors (Lipinski definition) is 1. The van der Waals surface area contributed by atoms with Crippen molar-refractivity contribution in [3.63, 3.8) is 0 Å². The lowest BCUT2D eigenvalue weighted by atomic mass is 10.2. The van der Waals surface area contributed by atoms with Crippen molar-refractivity contribution in [3.05, 3.63) is 53.2 Å². The zero-order valence-corrected chi connectivity index (χ0v) is 23.3. The second-order valence-corrected chi connectivity index (χ2v) is 11.3. The van der Waals surface area contributed by atoms with E-state index < -0.39 is 21.4 Å². The Morgan fingerprint density at radius 1 is 1.08 bits per heavy atom. The molecule has 13 nitrogen and oxygen atoms in total. The molecule has 0 amide bonds. The van der Waals surface area contributed by atoms with Gasteiger partial charge in [0, 0.05) is 31.7 Å². The Morgan fingerprint density at radius 2 is 1.77 bits per heavy atom. The summed E-state index contributed by atoms with van der Waals surface area (Å²) in [5.74, 6) is 1.23. The molecule has 1 aromatic carbocycles. The van der Waals surface area contributed by atoms with E-state index in [-0.39, 0.29) is 11.8 Å². The van der Waals surface area contributed by atoms with Crippen LogP contribution in [0.5, 0.6) is 11.5 Å². The van der Waals surface area contributed by atoms with Crippen molar-refractivity contribution in [1.29, 1.82) is 0 Å². The van der Waals surface area contributed by atoms with Gasteiger partial charge in [-0.05, 0) is 38.0 Å². The van der Waals surface area contributed by atoms with Gasteiger partial charge >= 0.3 is 0 Å². The third-order valence-electron chi connectivity index (χ3n) is 6.48. The number of nitrogens with zero attached hydrogens (tertiary/aromatic N) is 7. The number of para-hydroxylation sites is 1. The Hall–Kier alpha value is -3.75. The van der Waals surface area contributed by atoms with Crippen LogP contribution in [0.15, 0.2) is 36.7 Å². The van der Waals surface area contributed by atoms with E-state index in [1.807, 2.05) is 10.7 Å². The van der Waals surface area contributed by atoms with Gasteiger partial charge < -0.3 is 14.2 Å². The molecule has 1 N–H and O–H groups in total. The molecule has 39 heavy (non-hydrogen) atoms. The molecule has 1 aliphatic heterocycles. The summed E-state index contributed by atoms with van der Waals surface area (Å²) in [5.41, 5.74) is 2.01. The fourth-order valence-electron chi connectivity index (χ4n) is 4.51. The number of nitrogens with one attached hydrogen (secondary N) is 1. The van der Waals surface area contributed by atoms with Crippen molar-refractivity contribution in [2.24, 2.45) is 0 Å². The summed E-state index contributed by atoms with van der Waals surface area (Å²) >= 11 is 5.90. The lowest BCUT2D eigenvalue weighted by molar-refractivity contribution is 0.0950. The Morgan fingerprint density at radius 3 is 2.38 bits per heavy atom. The molecular weight excluding hydrogens is 548 g/mol. The van der Waals surface area contributed by atoms with E-state index in [2.05, 4.69) is 30.0 Å². The largest absolute Gasteiger partial charge is 0.494 e. The highest BCUT2D eigenvalue weighted by molar-refractivity contribution is 7.93. The number of ether oxygens (including phenoxy) is 3. The molecule has 4 aromatic rings. The van der Waals surface area contributed by atoms with Gasteiger partial charge in [-0.25, -0.2) is 18.4 Å². The first-order valence-corrected chi connectivity index (χ1v) is 14.0. The molecule has 2 atom stereocenters. The predicted molar refractivity (Wildman–Crippen MR) is 143 cm³/mol. The maximum atomic E-state index is 13.7. The molecule has 4 heterocycles. The van der Waals surface area contributed by atoms with E-state index >= 15 is 0 Å². The van der Waals surface area contributed by atoms with Crippen LogP contribution >= 0.6 is 11.6 Å². The smallest absolute Gasteiger partial charge is 0.243 e. The molecule has 5 rings (SSSR count). The molecular formula is C24H27ClN8O5S. The molecule has 0 saturated heterocycles. The van der Waals surface area contributed by atoms with Gasteiger partial charge in [0.15, 0.2) is 11.6 Å². The number of anilines is 1. The highest BCUT2D eigenvalue weighted by atomic mass is 35.5. The number of hydrogen-bond acceptors (Lipinski definition) is 10. The fourth-order valence-corrected chi connectivity index (χ4v) is 5.74. The molecule has 15 heteroatoms. The first-order chi connectivity index (χ1) is 18.8. The zero-order chi connectivity index (χ0) is 27.7. The number of aromatic nitrogens is 7. The van der Waals surface area contributed by atoms with Crippen LogP contribution in [-0.2, 0) is 27.7 Å². The van der Waals surface area contributed by atoms with E-state index in [0.29, 0.717) is 33.7 Å². The fraction of sp³-hybridized carbons (Fsp3) is 0.375. The normalized spacial score (nSPS) is 14.6. The summed E-state index contributed by atoms with van der Waals surface area (Å²) in [7, 11) is 0.263. The van der Waals surface area contributed by atoms with Gasteiger partial charge in [-0.1, -0.05) is 17.7 Å². The highest BCUT2D eigenvalue weighted by Crippen LogP contribution is 2.38. The summed E-state index contributed by atoms with van der Waals surface area (Å²) in [6, 6.07) is 7.15. The van der Waals surface area contributed by atoms with Crippen LogP contribution < -0.4 is 14.2 Å². The third kappa shape index (κ3) is 5.02. The van der Waals surface area contributed by atoms with E-state index in [9.17, 15) is 8.42 Å². The molecule has 0 saturated carbocycles. The zero-order valence-electron chi connectivity index (χ0n) is 21.7. The molecule has 0 radical (unpaired) electrons. The van der Waals surface area contributed by atoms with Gasteiger partial charge in [-0.15, -0.1) is 10.2 Å². The van der Waals surface area contributed by atoms with Crippen molar-refractivity contribution in [3.8, 4) is 28.7 Å². The van der Waals surface area contributed by atoms with E-state index in [4.69, 9.17) is 25.8 Å². The summed E-state index contributed by atoms with van der Waals surface area (Å²) in [5, 5.41) is 12.4. The quantitative estimate of drug-likeness (QED) is 0.299. The number of halogens is 1. The SMILES string of the molecule is COc1cccc(OC)c1-n1c(NS(=O)(=O)[C@@H](C)[C@H](OC)c2ncc(Cl)cn2)nnc1-c1cc2n(n1)CCC2. The van der Waals surface area contributed by atoms with Gasteiger partial charge in [0.05, 0.1) is 19.2 Å². The lowest BCUT2D eigenvalue weighted by Gasteiger charge is -2.22. The minimum absolute atomic E-state index is 0.0836. The number of benzene rings is 1. The molecule has 1 aliphatic rings. The van der Waals surface area contributed by atoms with Crippen molar-refractivity contribution in [1.82, 2.24) is 34.5 Å². The number of rotatable bonds is 10. The Bertz CT molecular complexity index is 1540. The van der Waals surface area contributed by atoms with Gasteiger partial charge in [0.1, 0.15) is 34.2 Å². The van der Waals surface area contributed by atoms with Gasteiger partial charge in [0.2, 0.25) is 16.0 Å². The monoisotopic (exact) mass is 574 g/mol. The van der Waals surface area contributed by atoms with Gasteiger partial charge in [-0.3, -0.25) is 14.0 Å². The van der Waals surface area contributed by atoms with Crippen molar-refractivity contribution < 1.29 is 22.6 Å². The molecule has 0 spiro atoms. The standard InChI is InChI=1S/C24H27ClN8O5S/c1-14(21(38-4)22-26-12-15(25)13-27-22)39(34,35)31-24-29-28-23(17-11-16-7-6-10-32(16)30-17)33(24)20-18(36-2)8-5-9-19(20)37-3/h5,8-9,11-14,21H,6-7,10H2,1-4H3,(H,29,31)/t14-,21-/m0/s1. The van der Waals surface area contributed by atoms with E-state index in [1.165, 1.54) is 45.2 Å². The van der Waals surface area contributed by atoms with Crippen LogP contribution in [0.25, 0.3) is 17.2 Å². The number of aryl methyl sites for hydroxylation is 2. The van der Waals surface area contributed by atoms with Gasteiger partial charge in [0.25, 0.3) is 0 Å². The van der Waals surface area contributed by atoms with Crippen LogP contribution in [-0.4, -0.2) is 69.5 Å². The van der Waals surface area contributed by atoms with E-state index in [1.54, 1.807) is 18.2 Å². The minimum atomic E-state index is -4.14. The minimum Gasteiger partial charge on any atom is -0.494 e.